The van der Waals surface area contributed by atoms with Crippen LogP contribution in [0.2, 0.25) is 0 Å². The minimum absolute atomic E-state index is 0.0170. The van der Waals surface area contributed by atoms with Gasteiger partial charge in [-0.3, -0.25) is 14.3 Å². The summed E-state index contributed by atoms with van der Waals surface area (Å²) in [6.07, 6.45) is 2.32. The highest BCUT2D eigenvalue weighted by Crippen LogP contribution is 2.17. The van der Waals surface area contributed by atoms with E-state index in [0.29, 0.717) is 56.1 Å². The lowest BCUT2D eigenvalue weighted by molar-refractivity contribution is 0.0303. The fourth-order valence-electron chi connectivity index (χ4n) is 3.71. The minimum Gasteiger partial charge on any atom is -0.378 e. The fourth-order valence-corrected chi connectivity index (χ4v) is 3.71. The van der Waals surface area contributed by atoms with Gasteiger partial charge in [0.05, 0.1) is 37.2 Å². The topological polar surface area (TPSA) is 76.5 Å². The number of carbonyl (C=O) groups is 2. The third-order valence-electron chi connectivity index (χ3n) is 5.39. The minimum atomic E-state index is -0.205. The predicted molar refractivity (Wildman–Crippen MR) is 118 cm³/mol. The zero-order chi connectivity index (χ0) is 21.6. The van der Waals surface area contributed by atoms with Crippen LogP contribution < -0.4 is 5.32 Å². The van der Waals surface area contributed by atoms with Crippen LogP contribution in [0.15, 0.2) is 60.8 Å². The van der Waals surface area contributed by atoms with Crippen molar-refractivity contribution in [2.24, 2.45) is 0 Å². The molecule has 2 aromatic carbocycles. The summed E-state index contributed by atoms with van der Waals surface area (Å²) in [4.78, 5) is 27.2. The molecule has 1 fully saturated rings. The Balaban J connectivity index is 1.44. The molecule has 160 valence electrons. The highest BCUT2D eigenvalue weighted by Gasteiger charge is 2.19. The summed E-state index contributed by atoms with van der Waals surface area (Å²) < 4.78 is 7.17. The first kappa shape index (κ1) is 20.8. The van der Waals surface area contributed by atoms with Crippen LogP contribution in [0.1, 0.15) is 38.9 Å². The second-order valence-corrected chi connectivity index (χ2v) is 7.44. The summed E-state index contributed by atoms with van der Waals surface area (Å²) in [5.41, 5.74) is 3.83. The zero-order valence-corrected chi connectivity index (χ0v) is 17.6. The molecule has 2 heterocycles. The van der Waals surface area contributed by atoms with Crippen molar-refractivity contribution in [3.63, 3.8) is 0 Å². The van der Waals surface area contributed by atoms with Crippen molar-refractivity contribution in [3.8, 4) is 0 Å². The van der Waals surface area contributed by atoms with Gasteiger partial charge in [-0.05, 0) is 36.2 Å². The van der Waals surface area contributed by atoms with E-state index >= 15 is 0 Å². The molecule has 7 nitrogen and oxygen atoms in total. The van der Waals surface area contributed by atoms with Crippen LogP contribution in [0.3, 0.4) is 0 Å². The first-order chi connectivity index (χ1) is 15.2. The first-order valence-corrected chi connectivity index (χ1v) is 10.5. The van der Waals surface area contributed by atoms with Gasteiger partial charge >= 0.3 is 0 Å². The van der Waals surface area contributed by atoms with E-state index in [4.69, 9.17) is 4.74 Å². The number of nitrogens with one attached hydrogen (secondary N) is 1. The lowest BCUT2D eigenvalue weighted by atomic mass is 10.1. The lowest BCUT2D eigenvalue weighted by Gasteiger charge is -2.26. The number of nitrogens with zero attached hydrogens (tertiary/aromatic N) is 3. The van der Waals surface area contributed by atoms with E-state index in [9.17, 15) is 9.59 Å². The molecule has 7 heteroatoms. The van der Waals surface area contributed by atoms with Gasteiger partial charge in [-0.2, -0.15) is 5.10 Å². The molecule has 1 N–H and O–H groups in total. The summed E-state index contributed by atoms with van der Waals surface area (Å²) in [6, 6.07) is 17.0. The van der Waals surface area contributed by atoms with Crippen molar-refractivity contribution >= 4 is 17.5 Å². The third-order valence-corrected chi connectivity index (χ3v) is 5.39. The van der Waals surface area contributed by atoms with Gasteiger partial charge in [0.2, 0.25) is 0 Å². The van der Waals surface area contributed by atoms with E-state index in [1.165, 1.54) is 0 Å². The SMILES string of the molecule is CCc1c(C(=O)Nc2ccc(C(=O)N3CCOCC3)cc2)cnn1Cc1ccccc1. The van der Waals surface area contributed by atoms with E-state index in [1.807, 2.05) is 41.9 Å². The largest absolute Gasteiger partial charge is 0.378 e. The molecule has 0 spiro atoms. The number of rotatable bonds is 6. The molecule has 1 saturated heterocycles. The van der Waals surface area contributed by atoms with Gasteiger partial charge in [0.15, 0.2) is 0 Å². The molecule has 0 aliphatic carbocycles. The third kappa shape index (κ3) is 4.83. The van der Waals surface area contributed by atoms with Gasteiger partial charge in [-0.15, -0.1) is 0 Å². The number of carbonyl (C=O) groups excluding carboxylic acids is 2. The van der Waals surface area contributed by atoms with E-state index in [2.05, 4.69) is 10.4 Å². The van der Waals surface area contributed by atoms with Crippen molar-refractivity contribution in [1.29, 1.82) is 0 Å². The Hall–Kier alpha value is -3.45. The Bertz CT molecular complexity index is 1040. The molecular weight excluding hydrogens is 392 g/mol. The number of hydrogen-bond donors (Lipinski definition) is 1. The zero-order valence-electron chi connectivity index (χ0n) is 17.6. The number of aromatic nitrogens is 2. The maximum Gasteiger partial charge on any atom is 0.259 e. The van der Waals surface area contributed by atoms with Gasteiger partial charge in [-0.1, -0.05) is 37.3 Å². The van der Waals surface area contributed by atoms with Crippen molar-refractivity contribution in [3.05, 3.63) is 83.2 Å². The summed E-state index contributed by atoms with van der Waals surface area (Å²) in [5.74, 6) is -0.222. The Morgan fingerprint density at radius 2 is 1.74 bits per heavy atom. The van der Waals surface area contributed by atoms with Crippen LogP contribution in [0.4, 0.5) is 5.69 Å². The molecule has 31 heavy (non-hydrogen) atoms. The van der Waals surface area contributed by atoms with Gasteiger partial charge in [0.1, 0.15) is 0 Å². The normalized spacial score (nSPS) is 13.8. The van der Waals surface area contributed by atoms with Crippen molar-refractivity contribution in [1.82, 2.24) is 14.7 Å². The average molecular weight is 418 g/mol. The molecule has 2 amide bonds. The fraction of sp³-hybridized carbons (Fsp3) is 0.292. The van der Waals surface area contributed by atoms with Gasteiger partial charge < -0.3 is 15.0 Å². The molecule has 0 unspecified atom stereocenters. The number of ether oxygens (including phenoxy) is 1. The number of hydrogen-bond acceptors (Lipinski definition) is 4. The molecule has 1 aromatic heterocycles. The van der Waals surface area contributed by atoms with Gasteiger partial charge in [0.25, 0.3) is 11.8 Å². The van der Waals surface area contributed by atoms with Crippen LogP contribution in [-0.2, 0) is 17.7 Å². The van der Waals surface area contributed by atoms with Crippen LogP contribution in [-0.4, -0.2) is 52.8 Å². The summed E-state index contributed by atoms with van der Waals surface area (Å²) in [5, 5.41) is 7.35. The number of morpholine rings is 1. The molecule has 1 aliphatic heterocycles. The van der Waals surface area contributed by atoms with E-state index in [1.54, 1.807) is 35.4 Å². The standard InChI is InChI=1S/C24H26N4O3/c1-2-22-21(16-25-28(22)17-18-6-4-3-5-7-18)23(29)26-20-10-8-19(9-11-20)24(30)27-12-14-31-15-13-27/h3-11,16H,2,12-15,17H2,1H3,(H,26,29). The molecule has 3 aromatic rings. The highest BCUT2D eigenvalue weighted by molar-refractivity contribution is 6.05. The maximum absolute atomic E-state index is 12.9. The molecule has 1 aliphatic rings. The van der Waals surface area contributed by atoms with E-state index in [0.717, 1.165) is 11.3 Å². The first-order valence-electron chi connectivity index (χ1n) is 10.5. The Kier molecular flexibility index (Phi) is 6.43. The average Bonchev–Trinajstić information content (AvgIpc) is 3.23. The van der Waals surface area contributed by atoms with Crippen LogP contribution in [0.5, 0.6) is 0 Å². The number of benzene rings is 2. The smallest absolute Gasteiger partial charge is 0.259 e. The second kappa shape index (κ2) is 9.57. The summed E-state index contributed by atoms with van der Waals surface area (Å²) >= 11 is 0. The summed E-state index contributed by atoms with van der Waals surface area (Å²) in [6.45, 7) is 4.97. The lowest BCUT2D eigenvalue weighted by Crippen LogP contribution is -2.40. The Labute approximate surface area is 181 Å². The van der Waals surface area contributed by atoms with Crippen LogP contribution in [0.25, 0.3) is 0 Å². The quantitative estimate of drug-likeness (QED) is 0.667. The van der Waals surface area contributed by atoms with Gasteiger partial charge in [-0.25, -0.2) is 0 Å². The van der Waals surface area contributed by atoms with Crippen LogP contribution in [0, 0.1) is 0 Å². The molecule has 0 radical (unpaired) electrons. The van der Waals surface area contributed by atoms with E-state index in [-0.39, 0.29) is 11.8 Å². The molecule has 0 saturated carbocycles. The van der Waals surface area contributed by atoms with Crippen molar-refractivity contribution < 1.29 is 14.3 Å². The maximum atomic E-state index is 12.9. The predicted octanol–water partition coefficient (Wildman–Crippen LogP) is 3.22. The summed E-state index contributed by atoms with van der Waals surface area (Å²) in [7, 11) is 0. The van der Waals surface area contributed by atoms with Gasteiger partial charge in [0, 0.05) is 24.3 Å². The van der Waals surface area contributed by atoms with Crippen molar-refractivity contribution in [2.45, 2.75) is 19.9 Å². The number of amides is 2. The number of anilines is 1. The van der Waals surface area contributed by atoms with E-state index < -0.39 is 0 Å². The Morgan fingerprint density at radius 1 is 1.03 bits per heavy atom. The molecule has 0 atom stereocenters. The Morgan fingerprint density at radius 3 is 2.42 bits per heavy atom. The molecular formula is C24H26N4O3. The second-order valence-electron chi connectivity index (χ2n) is 7.44. The monoisotopic (exact) mass is 418 g/mol. The molecule has 4 rings (SSSR count). The van der Waals surface area contributed by atoms with Crippen molar-refractivity contribution in [2.75, 3.05) is 31.6 Å². The van der Waals surface area contributed by atoms with Crippen LogP contribution >= 0.6 is 0 Å². The highest BCUT2D eigenvalue weighted by atomic mass is 16.5. The molecule has 0 bridgehead atoms.